The average Bonchev–Trinajstić information content (AvgIpc) is 3.03. The van der Waals surface area contributed by atoms with Gasteiger partial charge in [-0.25, -0.2) is 4.98 Å². The lowest BCUT2D eigenvalue weighted by atomic mass is 10.1. The summed E-state index contributed by atoms with van der Waals surface area (Å²) >= 11 is 1.44. The molecule has 23 heavy (non-hydrogen) atoms. The predicted octanol–water partition coefficient (Wildman–Crippen LogP) is 3.91. The van der Waals surface area contributed by atoms with Crippen molar-refractivity contribution in [2.75, 3.05) is 14.2 Å². The molecule has 0 atom stereocenters. The average molecular weight is 329 g/mol. The summed E-state index contributed by atoms with van der Waals surface area (Å²) in [6, 6.07) is 10.0. The van der Waals surface area contributed by atoms with E-state index in [0.29, 0.717) is 22.8 Å². The second-order valence-electron chi connectivity index (χ2n) is 4.78. The van der Waals surface area contributed by atoms with Crippen molar-refractivity contribution in [1.82, 2.24) is 4.98 Å². The van der Waals surface area contributed by atoms with Crippen molar-refractivity contribution in [3.8, 4) is 44.8 Å². The zero-order valence-corrected chi connectivity index (χ0v) is 13.4. The molecule has 0 spiro atoms. The number of aromatic hydroxyl groups is 2. The molecule has 3 aromatic rings. The Bertz CT molecular complexity index is 844. The number of benzene rings is 2. The van der Waals surface area contributed by atoms with Gasteiger partial charge in [0.05, 0.1) is 25.5 Å². The number of thiazole rings is 1. The van der Waals surface area contributed by atoms with Gasteiger partial charge in [0, 0.05) is 17.0 Å². The second-order valence-corrected chi connectivity index (χ2v) is 5.64. The Hall–Kier alpha value is -2.73. The number of hydrogen-bond acceptors (Lipinski definition) is 6. The highest BCUT2D eigenvalue weighted by molar-refractivity contribution is 7.13. The molecule has 118 valence electrons. The van der Waals surface area contributed by atoms with Crippen LogP contribution in [0.15, 0.2) is 41.8 Å². The number of aromatic nitrogens is 1. The Balaban J connectivity index is 2.06. The smallest absolute Gasteiger partial charge is 0.170 e. The van der Waals surface area contributed by atoms with Gasteiger partial charge in [-0.3, -0.25) is 0 Å². The number of ether oxygens (including phenoxy) is 2. The molecular weight excluding hydrogens is 314 g/mol. The number of hydrogen-bond donors (Lipinski definition) is 2. The van der Waals surface area contributed by atoms with Crippen LogP contribution in [0, 0.1) is 0 Å². The highest BCUT2D eigenvalue weighted by atomic mass is 32.1. The molecule has 6 heteroatoms. The summed E-state index contributed by atoms with van der Waals surface area (Å²) in [5.41, 5.74) is 2.01. The van der Waals surface area contributed by atoms with Crippen LogP contribution < -0.4 is 9.47 Å². The Morgan fingerprint density at radius 2 is 1.83 bits per heavy atom. The molecule has 2 N–H and O–H groups in total. The fourth-order valence-electron chi connectivity index (χ4n) is 2.31. The highest BCUT2D eigenvalue weighted by Crippen LogP contribution is 2.41. The van der Waals surface area contributed by atoms with Gasteiger partial charge in [-0.2, -0.15) is 0 Å². The summed E-state index contributed by atoms with van der Waals surface area (Å²) in [5.74, 6) is 1.25. The lowest BCUT2D eigenvalue weighted by molar-refractivity contribution is 0.356. The Morgan fingerprint density at radius 3 is 2.52 bits per heavy atom. The van der Waals surface area contributed by atoms with Gasteiger partial charge < -0.3 is 19.7 Å². The number of phenolic OH excluding ortho intramolecular Hbond substituents is 2. The van der Waals surface area contributed by atoms with E-state index < -0.39 is 0 Å². The molecule has 0 bridgehead atoms. The molecular formula is C17H15NO4S. The van der Waals surface area contributed by atoms with E-state index >= 15 is 0 Å². The standard InChI is InChI=1S/C17H15NO4S/c1-21-15-5-3-4-12(16(15)22-2)17-18-13(9-23-17)11-7-6-10(19)8-14(11)20/h3-9,19-20H,1-2H3. The largest absolute Gasteiger partial charge is 0.508 e. The predicted molar refractivity (Wildman–Crippen MR) is 89.4 cm³/mol. The molecule has 0 amide bonds. The minimum Gasteiger partial charge on any atom is -0.508 e. The molecule has 0 saturated heterocycles. The Kier molecular flexibility index (Phi) is 4.08. The molecule has 0 aliphatic heterocycles. The van der Waals surface area contributed by atoms with Gasteiger partial charge in [-0.05, 0) is 24.3 Å². The van der Waals surface area contributed by atoms with Crippen LogP contribution in [-0.4, -0.2) is 29.4 Å². The fraction of sp³-hybridized carbons (Fsp3) is 0.118. The summed E-state index contributed by atoms with van der Waals surface area (Å²) in [6.07, 6.45) is 0. The van der Waals surface area contributed by atoms with Gasteiger partial charge in [0.1, 0.15) is 16.5 Å². The van der Waals surface area contributed by atoms with Crippen molar-refractivity contribution in [2.24, 2.45) is 0 Å². The fourth-order valence-corrected chi connectivity index (χ4v) is 3.16. The minimum absolute atomic E-state index is 0.0103. The molecule has 5 nitrogen and oxygen atoms in total. The van der Waals surface area contributed by atoms with Crippen LogP contribution in [0.3, 0.4) is 0 Å². The highest BCUT2D eigenvalue weighted by Gasteiger charge is 2.16. The topological polar surface area (TPSA) is 71.8 Å². The lowest BCUT2D eigenvalue weighted by Crippen LogP contribution is -1.92. The van der Waals surface area contributed by atoms with Crippen molar-refractivity contribution >= 4 is 11.3 Å². The van der Waals surface area contributed by atoms with E-state index in [0.717, 1.165) is 10.6 Å². The van der Waals surface area contributed by atoms with Gasteiger partial charge in [-0.15, -0.1) is 11.3 Å². The van der Waals surface area contributed by atoms with Gasteiger partial charge in [0.2, 0.25) is 0 Å². The molecule has 0 unspecified atom stereocenters. The van der Waals surface area contributed by atoms with Crippen molar-refractivity contribution in [1.29, 1.82) is 0 Å². The number of para-hydroxylation sites is 1. The van der Waals surface area contributed by atoms with E-state index in [1.165, 1.54) is 23.5 Å². The maximum absolute atomic E-state index is 9.97. The Morgan fingerprint density at radius 1 is 1.00 bits per heavy atom. The molecule has 0 aliphatic rings. The van der Waals surface area contributed by atoms with Crippen LogP contribution in [0.4, 0.5) is 0 Å². The molecule has 1 heterocycles. The summed E-state index contributed by atoms with van der Waals surface area (Å²) in [6.45, 7) is 0. The van der Waals surface area contributed by atoms with E-state index in [-0.39, 0.29) is 11.5 Å². The van der Waals surface area contributed by atoms with Crippen molar-refractivity contribution in [3.05, 3.63) is 41.8 Å². The maximum Gasteiger partial charge on any atom is 0.170 e. The minimum atomic E-state index is -0.0144. The van der Waals surface area contributed by atoms with Gasteiger partial charge in [-0.1, -0.05) is 6.07 Å². The number of nitrogens with zero attached hydrogens (tertiary/aromatic N) is 1. The summed E-state index contributed by atoms with van der Waals surface area (Å²) in [4.78, 5) is 4.57. The maximum atomic E-state index is 9.97. The number of phenols is 2. The summed E-state index contributed by atoms with van der Waals surface area (Å²) in [5, 5.41) is 22.0. The van der Waals surface area contributed by atoms with Crippen LogP contribution in [0.2, 0.25) is 0 Å². The van der Waals surface area contributed by atoms with E-state index in [1.54, 1.807) is 20.3 Å². The zero-order valence-electron chi connectivity index (χ0n) is 12.6. The first-order valence-electron chi connectivity index (χ1n) is 6.83. The SMILES string of the molecule is COc1cccc(-c2nc(-c3ccc(O)cc3O)cs2)c1OC. The lowest BCUT2D eigenvalue weighted by Gasteiger charge is -2.10. The van der Waals surface area contributed by atoms with Gasteiger partial charge in [0.15, 0.2) is 11.5 Å². The first-order valence-corrected chi connectivity index (χ1v) is 7.71. The third-order valence-electron chi connectivity index (χ3n) is 3.39. The summed E-state index contributed by atoms with van der Waals surface area (Å²) < 4.78 is 10.7. The normalized spacial score (nSPS) is 10.5. The van der Waals surface area contributed by atoms with Gasteiger partial charge in [0.25, 0.3) is 0 Å². The molecule has 3 rings (SSSR count). The van der Waals surface area contributed by atoms with Crippen molar-refractivity contribution in [3.63, 3.8) is 0 Å². The van der Waals surface area contributed by atoms with E-state index in [9.17, 15) is 10.2 Å². The second kappa shape index (κ2) is 6.18. The molecule has 0 radical (unpaired) electrons. The van der Waals surface area contributed by atoms with Gasteiger partial charge >= 0.3 is 0 Å². The molecule has 0 aliphatic carbocycles. The van der Waals surface area contributed by atoms with Crippen LogP contribution in [0.1, 0.15) is 0 Å². The van der Waals surface area contributed by atoms with E-state index in [2.05, 4.69) is 4.98 Å². The third-order valence-corrected chi connectivity index (χ3v) is 4.27. The molecule has 2 aromatic carbocycles. The monoisotopic (exact) mass is 329 g/mol. The van der Waals surface area contributed by atoms with Crippen molar-refractivity contribution in [2.45, 2.75) is 0 Å². The van der Waals surface area contributed by atoms with E-state index in [1.807, 2.05) is 23.6 Å². The summed E-state index contributed by atoms with van der Waals surface area (Å²) in [7, 11) is 3.17. The quantitative estimate of drug-likeness (QED) is 0.759. The van der Waals surface area contributed by atoms with Crippen LogP contribution in [0.25, 0.3) is 21.8 Å². The molecule has 0 saturated carbocycles. The first kappa shape index (κ1) is 15.2. The zero-order chi connectivity index (χ0) is 16.4. The molecule has 0 fully saturated rings. The number of rotatable bonds is 4. The first-order chi connectivity index (χ1) is 11.1. The third kappa shape index (κ3) is 2.80. The van der Waals surface area contributed by atoms with Crippen molar-refractivity contribution < 1.29 is 19.7 Å². The van der Waals surface area contributed by atoms with Crippen LogP contribution in [-0.2, 0) is 0 Å². The van der Waals surface area contributed by atoms with E-state index in [4.69, 9.17) is 9.47 Å². The molecule has 1 aromatic heterocycles. The van der Waals surface area contributed by atoms with Crippen LogP contribution in [0.5, 0.6) is 23.0 Å². The Labute approximate surface area is 137 Å². The number of methoxy groups -OCH3 is 2. The van der Waals surface area contributed by atoms with Crippen LogP contribution >= 0.6 is 11.3 Å².